The van der Waals surface area contributed by atoms with Gasteiger partial charge in [0, 0.05) is 12.6 Å². The number of halogens is 2. The zero-order valence-electron chi connectivity index (χ0n) is 14.7. The van der Waals surface area contributed by atoms with Gasteiger partial charge in [-0.15, -0.1) is 0 Å². The lowest BCUT2D eigenvalue weighted by Gasteiger charge is -2.14. The van der Waals surface area contributed by atoms with Gasteiger partial charge in [-0.1, -0.05) is 23.7 Å². The number of benzene rings is 2. The quantitative estimate of drug-likeness (QED) is 0.736. The third kappa shape index (κ3) is 6.38. The van der Waals surface area contributed by atoms with Crippen LogP contribution in [0.5, 0.6) is 0 Å². The Morgan fingerprint density at radius 2 is 1.78 bits per heavy atom. The van der Waals surface area contributed by atoms with Gasteiger partial charge >= 0.3 is 5.97 Å². The molecule has 1 atom stereocenters. The number of amides is 2. The van der Waals surface area contributed by atoms with E-state index < -0.39 is 23.8 Å². The maximum atomic E-state index is 13.0. The lowest BCUT2D eigenvalue weighted by molar-refractivity contribution is -0.152. The number of anilines is 2. The van der Waals surface area contributed by atoms with Gasteiger partial charge < -0.3 is 15.4 Å². The summed E-state index contributed by atoms with van der Waals surface area (Å²) in [7, 11) is 0. The van der Waals surface area contributed by atoms with Crippen molar-refractivity contribution in [1.82, 2.24) is 0 Å². The van der Waals surface area contributed by atoms with Crippen LogP contribution in [0.15, 0.2) is 42.5 Å². The average Bonchev–Trinajstić information content (AvgIpc) is 2.58. The summed E-state index contributed by atoms with van der Waals surface area (Å²) < 4.78 is 18.1. The predicted octanol–water partition coefficient (Wildman–Crippen LogP) is 3.55. The molecular weight excluding hydrogens is 375 g/mol. The smallest absolute Gasteiger partial charge is 0.311 e. The minimum atomic E-state index is -1.06. The number of carbonyl (C=O) groups excluding carboxylic acids is 3. The molecule has 0 spiro atoms. The third-order valence-corrected chi connectivity index (χ3v) is 3.80. The van der Waals surface area contributed by atoms with Gasteiger partial charge in [0.05, 0.1) is 17.1 Å². The highest BCUT2D eigenvalue weighted by atomic mass is 35.5. The second kappa shape index (κ2) is 9.14. The summed E-state index contributed by atoms with van der Waals surface area (Å²) in [6.45, 7) is 2.82. The Hall–Kier alpha value is -2.93. The van der Waals surface area contributed by atoms with Gasteiger partial charge in [0.25, 0.3) is 5.91 Å². The van der Waals surface area contributed by atoms with Gasteiger partial charge in [0.15, 0.2) is 6.10 Å². The van der Waals surface area contributed by atoms with Crippen LogP contribution in [-0.2, 0) is 25.5 Å². The normalized spacial score (nSPS) is 11.4. The molecule has 142 valence electrons. The number of esters is 1. The van der Waals surface area contributed by atoms with E-state index in [-0.39, 0.29) is 23.0 Å². The van der Waals surface area contributed by atoms with E-state index in [2.05, 4.69) is 10.6 Å². The van der Waals surface area contributed by atoms with Gasteiger partial charge in [-0.2, -0.15) is 0 Å². The molecule has 2 aromatic rings. The van der Waals surface area contributed by atoms with Crippen molar-refractivity contribution in [3.05, 3.63) is 58.9 Å². The molecule has 0 saturated heterocycles. The highest BCUT2D eigenvalue weighted by Gasteiger charge is 2.19. The fourth-order valence-electron chi connectivity index (χ4n) is 2.19. The first-order valence-corrected chi connectivity index (χ1v) is 8.44. The molecule has 0 aromatic heterocycles. The van der Waals surface area contributed by atoms with Crippen molar-refractivity contribution in [2.45, 2.75) is 26.4 Å². The molecule has 2 rings (SSSR count). The molecular formula is C19H18ClFN2O4. The average molecular weight is 393 g/mol. The third-order valence-electron chi connectivity index (χ3n) is 3.49. The van der Waals surface area contributed by atoms with E-state index in [1.165, 1.54) is 19.9 Å². The van der Waals surface area contributed by atoms with Crippen molar-refractivity contribution >= 4 is 40.8 Å². The Kier molecular flexibility index (Phi) is 6.90. The van der Waals surface area contributed by atoms with Gasteiger partial charge in [-0.05, 0) is 42.8 Å². The molecule has 0 saturated carbocycles. The van der Waals surface area contributed by atoms with E-state index in [0.717, 1.165) is 12.1 Å². The number of carbonyl (C=O) groups is 3. The first kappa shape index (κ1) is 20.4. The standard InChI is InChI=1S/C19H18ClFN2O4/c1-11(19(26)23-17-8-5-14(21)10-16(17)20)27-18(25)9-13-3-6-15(7-4-13)22-12(2)24/h3-8,10-11H,9H2,1-2H3,(H,22,24)(H,23,26)/t11-/m0/s1. The van der Waals surface area contributed by atoms with Crippen LogP contribution in [0.25, 0.3) is 0 Å². The summed E-state index contributed by atoms with van der Waals surface area (Å²) in [5.74, 6) is -1.89. The molecule has 8 heteroatoms. The van der Waals surface area contributed by atoms with Crippen LogP contribution in [-0.4, -0.2) is 23.9 Å². The van der Waals surface area contributed by atoms with Crippen LogP contribution in [0.4, 0.5) is 15.8 Å². The van der Waals surface area contributed by atoms with E-state index in [9.17, 15) is 18.8 Å². The van der Waals surface area contributed by atoms with Crippen molar-refractivity contribution in [2.24, 2.45) is 0 Å². The van der Waals surface area contributed by atoms with Crippen LogP contribution in [0.2, 0.25) is 5.02 Å². The minimum absolute atomic E-state index is 0.0325. The molecule has 0 unspecified atom stereocenters. The monoisotopic (exact) mass is 392 g/mol. The van der Waals surface area contributed by atoms with Gasteiger partial charge in [-0.3, -0.25) is 14.4 Å². The lowest BCUT2D eigenvalue weighted by atomic mass is 10.1. The van der Waals surface area contributed by atoms with Crippen LogP contribution in [0.1, 0.15) is 19.4 Å². The molecule has 2 amide bonds. The topological polar surface area (TPSA) is 84.5 Å². The highest BCUT2D eigenvalue weighted by Crippen LogP contribution is 2.22. The molecule has 2 N–H and O–H groups in total. The van der Waals surface area contributed by atoms with E-state index in [0.29, 0.717) is 11.3 Å². The van der Waals surface area contributed by atoms with Crippen molar-refractivity contribution in [3.63, 3.8) is 0 Å². The van der Waals surface area contributed by atoms with E-state index in [1.54, 1.807) is 24.3 Å². The van der Waals surface area contributed by atoms with Crippen molar-refractivity contribution in [2.75, 3.05) is 10.6 Å². The van der Waals surface area contributed by atoms with Crippen LogP contribution in [0.3, 0.4) is 0 Å². The molecule has 0 aliphatic heterocycles. The minimum Gasteiger partial charge on any atom is -0.452 e. The summed E-state index contributed by atoms with van der Waals surface area (Å²) in [5, 5.41) is 5.14. The fraction of sp³-hybridized carbons (Fsp3) is 0.211. The lowest BCUT2D eigenvalue weighted by Crippen LogP contribution is -2.30. The van der Waals surface area contributed by atoms with Gasteiger partial charge in [-0.25, -0.2) is 4.39 Å². The summed E-state index contributed by atoms with van der Waals surface area (Å²) >= 11 is 5.85. The van der Waals surface area contributed by atoms with Gasteiger partial charge in [0.1, 0.15) is 5.82 Å². The Morgan fingerprint density at radius 1 is 1.11 bits per heavy atom. The second-order valence-corrected chi connectivity index (χ2v) is 6.21. The van der Waals surface area contributed by atoms with Crippen LogP contribution in [0, 0.1) is 5.82 Å². The van der Waals surface area contributed by atoms with E-state index in [1.807, 2.05) is 0 Å². The first-order valence-electron chi connectivity index (χ1n) is 8.06. The van der Waals surface area contributed by atoms with Crippen molar-refractivity contribution < 1.29 is 23.5 Å². The summed E-state index contributed by atoms with van der Waals surface area (Å²) in [4.78, 5) is 35.1. The second-order valence-electron chi connectivity index (χ2n) is 5.80. The number of ether oxygens (including phenoxy) is 1. The molecule has 27 heavy (non-hydrogen) atoms. The SMILES string of the molecule is CC(=O)Nc1ccc(CC(=O)O[C@@H](C)C(=O)Nc2ccc(F)cc2Cl)cc1. The summed E-state index contributed by atoms with van der Waals surface area (Å²) in [6, 6.07) is 10.2. The maximum Gasteiger partial charge on any atom is 0.311 e. The Labute approximate surface area is 160 Å². The summed E-state index contributed by atoms with van der Waals surface area (Å²) in [6.07, 6.45) is -1.09. The maximum absolute atomic E-state index is 13.0. The number of rotatable bonds is 6. The van der Waals surface area contributed by atoms with Crippen LogP contribution >= 0.6 is 11.6 Å². The predicted molar refractivity (Wildman–Crippen MR) is 100 cm³/mol. The zero-order chi connectivity index (χ0) is 20.0. The molecule has 6 nitrogen and oxygen atoms in total. The molecule has 2 aromatic carbocycles. The largest absolute Gasteiger partial charge is 0.452 e. The van der Waals surface area contributed by atoms with Crippen molar-refractivity contribution in [3.8, 4) is 0 Å². The van der Waals surface area contributed by atoms with E-state index in [4.69, 9.17) is 16.3 Å². The summed E-state index contributed by atoms with van der Waals surface area (Å²) in [5.41, 5.74) is 1.51. The zero-order valence-corrected chi connectivity index (χ0v) is 15.5. The Bertz CT molecular complexity index is 855. The van der Waals surface area contributed by atoms with Gasteiger partial charge in [0.2, 0.25) is 5.91 Å². The molecule has 0 heterocycles. The number of hydrogen-bond acceptors (Lipinski definition) is 4. The molecule has 0 bridgehead atoms. The Balaban J connectivity index is 1.88. The number of hydrogen-bond donors (Lipinski definition) is 2. The van der Waals surface area contributed by atoms with E-state index >= 15 is 0 Å². The fourth-order valence-corrected chi connectivity index (χ4v) is 2.41. The van der Waals surface area contributed by atoms with Crippen molar-refractivity contribution in [1.29, 1.82) is 0 Å². The molecule has 0 aliphatic rings. The highest BCUT2D eigenvalue weighted by molar-refractivity contribution is 6.33. The van der Waals surface area contributed by atoms with Crippen LogP contribution < -0.4 is 10.6 Å². The number of nitrogens with one attached hydrogen (secondary N) is 2. The Morgan fingerprint density at radius 3 is 2.37 bits per heavy atom. The molecule has 0 radical (unpaired) electrons. The molecule has 0 fully saturated rings. The first-order chi connectivity index (χ1) is 12.7. The molecule has 0 aliphatic carbocycles.